The van der Waals surface area contributed by atoms with Crippen LogP contribution in [0.3, 0.4) is 0 Å². The first-order chi connectivity index (χ1) is 16.5. The number of anilines is 1. The van der Waals surface area contributed by atoms with Gasteiger partial charge < -0.3 is 14.0 Å². The second-order valence-electron chi connectivity index (χ2n) is 7.96. The second-order valence-corrected chi connectivity index (χ2v) is 8.79. The molecule has 2 atom stereocenters. The molecule has 0 amide bonds. The molecule has 0 bridgehead atoms. The van der Waals surface area contributed by atoms with Gasteiger partial charge in [0.1, 0.15) is 12.3 Å². The van der Waals surface area contributed by atoms with E-state index in [4.69, 9.17) is 9.47 Å². The molecule has 9 heteroatoms. The number of hydrogen-bond donors (Lipinski definition) is 0. The molecule has 0 aliphatic heterocycles. The van der Waals surface area contributed by atoms with Gasteiger partial charge in [-0.25, -0.2) is 0 Å². The van der Waals surface area contributed by atoms with Gasteiger partial charge in [0, 0.05) is 28.2 Å². The van der Waals surface area contributed by atoms with E-state index in [-0.39, 0.29) is 18.6 Å². The van der Waals surface area contributed by atoms with Crippen molar-refractivity contribution in [1.82, 2.24) is 9.78 Å². The highest BCUT2D eigenvalue weighted by atomic mass is 32.2. The smallest absolute Gasteiger partial charge is 0.327 e. The monoisotopic (exact) mass is 482 g/mol. The lowest BCUT2D eigenvalue weighted by atomic mass is 9.92. The molecule has 1 aromatic heterocycles. The van der Waals surface area contributed by atoms with E-state index in [9.17, 15) is 13.6 Å². The van der Waals surface area contributed by atoms with E-state index in [0.29, 0.717) is 25.3 Å². The summed E-state index contributed by atoms with van der Waals surface area (Å²) in [5, 5.41) is 4.36. The number of fused-ring (bicyclic) bond motifs is 1. The van der Waals surface area contributed by atoms with Crippen molar-refractivity contribution < 1.29 is 23.0 Å². The van der Waals surface area contributed by atoms with Crippen molar-refractivity contribution in [2.75, 3.05) is 17.5 Å². The van der Waals surface area contributed by atoms with Crippen molar-refractivity contribution in [3.63, 3.8) is 0 Å². The van der Waals surface area contributed by atoms with Crippen LogP contribution < -0.4 is 9.04 Å². The van der Waals surface area contributed by atoms with Crippen LogP contribution in [0.2, 0.25) is 0 Å². The van der Waals surface area contributed by atoms with Crippen LogP contribution in [0.25, 0.3) is 11.1 Å². The summed E-state index contributed by atoms with van der Waals surface area (Å²) in [6.07, 6.45) is 3.88. The van der Waals surface area contributed by atoms with Crippen LogP contribution in [0.5, 0.6) is 5.75 Å². The van der Waals surface area contributed by atoms with Gasteiger partial charge in [-0.05, 0) is 68.5 Å². The molecule has 2 unspecified atom stereocenters. The van der Waals surface area contributed by atoms with Gasteiger partial charge in [-0.3, -0.25) is 18.0 Å². The van der Waals surface area contributed by atoms with E-state index in [1.165, 1.54) is 4.31 Å². The highest BCUT2D eigenvalue weighted by Gasteiger charge is 2.30. The van der Waals surface area contributed by atoms with Crippen LogP contribution in [0, 0.1) is 0 Å². The Bertz CT molecular complexity index is 1140. The van der Waals surface area contributed by atoms with Crippen LogP contribution in [-0.4, -0.2) is 37.7 Å². The summed E-state index contributed by atoms with van der Waals surface area (Å²) >= 11 is -2.48. The van der Waals surface area contributed by atoms with Gasteiger partial charge in [0.05, 0.1) is 25.5 Å². The van der Waals surface area contributed by atoms with Crippen molar-refractivity contribution in [3.8, 4) is 16.9 Å². The van der Waals surface area contributed by atoms with E-state index in [0.717, 1.165) is 41.0 Å². The summed E-state index contributed by atoms with van der Waals surface area (Å²) in [7, 11) is 0. The van der Waals surface area contributed by atoms with Gasteiger partial charge in [0.15, 0.2) is 0 Å². The van der Waals surface area contributed by atoms with E-state index in [1.807, 2.05) is 55.5 Å². The maximum absolute atomic E-state index is 12.3. The Morgan fingerprint density at radius 3 is 2.41 bits per heavy atom. The molecule has 1 heterocycles. The van der Waals surface area contributed by atoms with E-state index < -0.39 is 11.3 Å². The van der Waals surface area contributed by atoms with Gasteiger partial charge in [-0.2, -0.15) is 5.10 Å². The van der Waals surface area contributed by atoms with Crippen LogP contribution in [0.4, 0.5) is 5.69 Å². The maximum Gasteiger partial charge on any atom is 0.327 e. The van der Waals surface area contributed by atoms with Gasteiger partial charge in [0.25, 0.3) is 0 Å². The van der Waals surface area contributed by atoms with Crippen LogP contribution in [0.1, 0.15) is 44.0 Å². The minimum Gasteiger partial charge on any atom is -0.755 e. The molecule has 3 aromatic rings. The Kier molecular flexibility index (Phi) is 7.64. The number of nitrogens with zero attached hydrogens (tertiary/aromatic N) is 3. The van der Waals surface area contributed by atoms with Gasteiger partial charge in [-0.15, -0.1) is 0 Å². The molecule has 0 spiro atoms. The van der Waals surface area contributed by atoms with Crippen LogP contribution in [-0.2, 0) is 33.8 Å². The largest absolute Gasteiger partial charge is 0.755 e. The molecule has 1 aliphatic carbocycles. The number of benzene rings is 2. The number of hydrogen-bond acceptors (Lipinski definition) is 6. The second kappa shape index (κ2) is 10.8. The number of carbonyl (C=O) groups is 1. The molecule has 180 valence electrons. The lowest BCUT2D eigenvalue weighted by Crippen LogP contribution is -2.33. The number of aromatic nitrogens is 2. The minimum atomic E-state index is -2.48. The zero-order chi connectivity index (χ0) is 24.1. The Balaban J connectivity index is 1.58. The topological polar surface area (TPSA) is 96.7 Å². The first-order valence-electron chi connectivity index (χ1n) is 11.4. The Morgan fingerprint density at radius 1 is 1.12 bits per heavy atom. The minimum absolute atomic E-state index is 0.0210. The Morgan fingerprint density at radius 2 is 1.79 bits per heavy atom. The van der Waals surface area contributed by atoms with Gasteiger partial charge in [-0.1, -0.05) is 24.3 Å². The molecule has 8 nitrogen and oxygen atoms in total. The Hall–Kier alpha value is -3.17. The average molecular weight is 483 g/mol. The van der Waals surface area contributed by atoms with Gasteiger partial charge in [0.2, 0.25) is 0 Å². The predicted octanol–water partition coefficient (Wildman–Crippen LogP) is 4.19. The summed E-state index contributed by atoms with van der Waals surface area (Å²) in [5.74, 6) is 0.456. The van der Waals surface area contributed by atoms with Crippen molar-refractivity contribution >= 4 is 22.9 Å². The number of ether oxygens (including phenoxy) is 2. The third-order valence-electron chi connectivity index (χ3n) is 5.88. The summed E-state index contributed by atoms with van der Waals surface area (Å²) in [6.45, 7) is 4.64. The fourth-order valence-corrected chi connectivity index (χ4v) is 5.11. The predicted molar refractivity (Wildman–Crippen MR) is 129 cm³/mol. The van der Waals surface area contributed by atoms with Gasteiger partial charge >= 0.3 is 5.97 Å². The summed E-state index contributed by atoms with van der Waals surface area (Å²) in [6, 6.07) is 14.9. The average Bonchev–Trinajstić information content (AvgIpc) is 3.24. The van der Waals surface area contributed by atoms with Crippen molar-refractivity contribution in [3.05, 3.63) is 66.0 Å². The van der Waals surface area contributed by atoms with E-state index >= 15 is 0 Å². The Labute approximate surface area is 201 Å². The lowest BCUT2D eigenvalue weighted by molar-refractivity contribution is -0.144. The third-order valence-corrected chi connectivity index (χ3v) is 6.67. The zero-order valence-corrected chi connectivity index (χ0v) is 20.1. The van der Waals surface area contributed by atoms with E-state index in [1.54, 1.807) is 17.8 Å². The molecule has 0 fully saturated rings. The SMILES string of the molecule is CCOC(=O)Cn1ncc2c1CCCC2N(c1ccc(-c2ccc(OCC)cc2)cc1)S(=O)[O-]. The highest BCUT2D eigenvalue weighted by Crippen LogP contribution is 2.38. The standard InChI is InChI=1S/C25H29N3O5S/c1-3-32-21-14-10-19(11-15-21)18-8-12-20(13-9-18)28(34(30)31)24-7-5-6-23-22(24)16-26-27(23)17-25(29)33-4-2/h8-16,24H,3-7,17H2,1-2H3,(H,30,31)/p-1. The lowest BCUT2D eigenvalue weighted by Gasteiger charge is -2.37. The molecule has 34 heavy (non-hydrogen) atoms. The molecule has 0 saturated heterocycles. The van der Waals surface area contributed by atoms with Crippen molar-refractivity contribution in [1.29, 1.82) is 0 Å². The quantitative estimate of drug-likeness (QED) is 0.335. The summed E-state index contributed by atoms with van der Waals surface area (Å²) < 4.78 is 38.2. The van der Waals surface area contributed by atoms with Crippen LogP contribution >= 0.6 is 0 Å². The van der Waals surface area contributed by atoms with E-state index in [2.05, 4.69) is 5.10 Å². The van der Waals surface area contributed by atoms with Crippen LogP contribution in [0.15, 0.2) is 54.7 Å². The number of esters is 1. The fraction of sp³-hybridized carbons (Fsp3) is 0.360. The molecule has 0 N–H and O–H groups in total. The first-order valence-corrected chi connectivity index (χ1v) is 12.5. The molecule has 0 radical (unpaired) electrons. The molecular formula is C25H28N3O5S-. The fourth-order valence-electron chi connectivity index (χ4n) is 4.38. The zero-order valence-electron chi connectivity index (χ0n) is 19.3. The van der Waals surface area contributed by atoms with Crippen molar-refractivity contribution in [2.45, 2.75) is 45.7 Å². The summed E-state index contributed by atoms with van der Waals surface area (Å²) in [4.78, 5) is 11.9. The molecule has 4 rings (SSSR count). The number of carbonyl (C=O) groups excluding carboxylic acids is 1. The normalized spacial score (nSPS) is 15.9. The number of rotatable bonds is 9. The molecule has 0 saturated carbocycles. The maximum atomic E-state index is 12.3. The molecule has 2 aromatic carbocycles. The molecule has 1 aliphatic rings. The highest BCUT2D eigenvalue weighted by molar-refractivity contribution is 7.80. The first kappa shape index (κ1) is 24.0. The third kappa shape index (κ3) is 5.15. The summed E-state index contributed by atoms with van der Waals surface area (Å²) in [5.41, 5.74) is 4.29. The molecular weight excluding hydrogens is 454 g/mol. The van der Waals surface area contributed by atoms with Crippen molar-refractivity contribution in [2.24, 2.45) is 0 Å².